The van der Waals surface area contributed by atoms with Gasteiger partial charge in [0.1, 0.15) is 0 Å². The van der Waals surface area contributed by atoms with Gasteiger partial charge in [-0.25, -0.2) is 4.99 Å². The van der Waals surface area contributed by atoms with Crippen LogP contribution in [0.1, 0.15) is 28.4 Å². The number of aliphatic imine (C=N–C) groups is 1. The lowest BCUT2D eigenvalue weighted by Crippen LogP contribution is -1.94. The molecule has 0 aromatic heterocycles. The van der Waals surface area contributed by atoms with Crippen LogP contribution in [0.15, 0.2) is 35.4 Å². The Morgan fingerprint density at radius 1 is 1.38 bits per heavy atom. The van der Waals surface area contributed by atoms with Crippen molar-refractivity contribution in [1.29, 1.82) is 0 Å². The topological polar surface area (TPSA) is 29.4 Å². The SMILES string of the molecule is CCc1ccc(C=O)c2c1C1=CC=CC1=N2. The van der Waals surface area contributed by atoms with E-state index in [4.69, 9.17) is 0 Å². The number of hydrogen-bond donors (Lipinski definition) is 0. The number of benzene rings is 1. The van der Waals surface area contributed by atoms with Gasteiger partial charge in [0.2, 0.25) is 0 Å². The van der Waals surface area contributed by atoms with Gasteiger partial charge in [-0.1, -0.05) is 25.1 Å². The van der Waals surface area contributed by atoms with E-state index >= 15 is 0 Å². The Kier molecular flexibility index (Phi) is 1.90. The Balaban J connectivity index is 2.32. The Hall–Kier alpha value is -1.96. The molecule has 1 aliphatic heterocycles. The van der Waals surface area contributed by atoms with Gasteiger partial charge in [-0.15, -0.1) is 0 Å². The first kappa shape index (κ1) is 9.28. The zero-order valence-electron chi connectivity index (χ0n) is 9.03. The smallest absolute Gasteiger partial charge is 0.152 e. The van der Waals surface area contributed by atoms with Gasteiger partial charge in [0.15, 0.2) is 6.29 Å². The molecule has 1 aliphatic carbocycles. The minimum atomic E-state index is 0.684. The van der Waals surface area contributed by atoms with Crippen LogP contribution in [0.3, 0.4) is 0 Å². The molecule has 3 rings (SSSR count). The maximum atomic E-state index is 11.0. The summed E-state index contributed by atoms with van der Waals surface area (Å²) in [6.07, 6.45) is 7.90. The quantitative estimate of drug-likeness (QED) is 0.688. The lowest BCUT2D eigenvalue weighted by atomic mass is 9.95. The molecule has 2 aliphatic rings. The molecule has 1 heterocycles. The predicted octanol–water partition coefficient (Wildman–Crippen LogP) is 3.10. The molecule has 0 N–H and O–H groups in total. The van der Waals surface area contributed by atoms with Crippen LogP contribution in [0.5, 0.6) is 0 Å². The van der Waals surface area contributed by atoms with E-state index in [1.54, 1.807) is 0 Å². The van der Waals surface area contributed by atoms with Gasteiger partial charge in [0.05, 0.1) is 11.4 Å². The number of hydrogen-bond acceptors (Lipinski definition) is 2. The summed E-state index contributed by atoms with van der Waals surface area (Å²) in [5.41, 5.74) is 6.08. The van der Waals surface area contributed by atoms with Crippen LogP contribution in [0.25, 0.3) is 5.57 Å². The number of nitrogens with zero attached hydrogens (tertiary/aromatic N) is 1. The highest BCUT2D eigenvalue weighted by Crippen LogP contribution is 2.41. The van der Waals surface area contributed by atoms with Crippen LogP contribution in [0.2, 0.25) is 0 Å². The summed E-state index contributed by atoms with van der Waals surface area (Å²) in [5.74, 6) is 0. The summed E-state index contributed by atoms with van der Waals surface area (Å²) >= 11 is 0. The van der Waals surface area contributed by atoms with Gasteiger partial charge in [0.25, 0.3) is 0 Å². The second-order valence-electron chi connectivity index (χ2n) is 3.95. The van der Waals surface area contributed by atoms with E-state index in [9.17, 15) is 4.79 Å². The molecular formula is C14H11NO. The molecule has 0 fully saturated rings. The average Bonchev–Trinajstić information content (AvgIpc) is 2.87. The highest BCUT2D eigenvalue weighted by Gasteiger charge is 2.25. The number of fused-ring (bicyclic) bond motifs is 3. The number of rotatable bonds is 2. The van der Waals surface area contributed by atoms with Crippen molar-refractivity contribution in [3.8, 4) is 0 Å². The monoisotopic (exact) mass is 209 g/mol. The summed E-state index contributed by atoms with van der Waals surface area (Å²) in [7, 11) is 0. The first-order chi connectivity index (χ1) is 7.85. The van der Waals surface area contributed by atoms with Crippen molar-refractivity contribution >= 4 is 23.3 Å². The first-order valence-corrected chi connectivity index (χ1v) is 5.44. The lowest BCUT2D eigenvalue weighted by Gasteiger charge is -2.07. The molecule has 0 unspecified atom stereocenters. The molecule has 16 heavy (non-hydrogen) atoms. The maximum absolute atomic E-state index is 11.0. The number of aldehydes is 1. The van der Waals surface area contributed by atoms with Crippen LogP contribution < -0.4 is 0 Å². The minimum Gasteiger partial charge on any atom is -0.298 e. The van der Waals surface area contributed by atoms with Gasteiger partial charge >= 0.3 is 0 Å². The largest absolute Gasteiger partial charge is 0.298 e. The average molecular weight is 209 g/mol. The predicted molar refractivity (Wildman–Crippen MR) is 65.4 cm³/mol. The summed E-state index contributed by atoms with van der Waals surface area (Å²) in [5, 5.41) is 0. The fraction of sp³-hybridized carbons (Fsp3) is 0.143. The van der Waals surface area contributed by atoms with Gasteiger partial charge in [0, 0.05) is 16.7 Å². The Labute approximate surface area is 94.0 Å². The van der Waals surface area contributed by atoms with Crippen molar-refractivity contribution in [3.63, 3.8) is 0 Å². The number of carbonyl (C=O) groups excluding carboxylic acids is 1. The molecule has 0 saturated carbocycles. The van der Waals surface area contributed by atoms with E-state index in [-0.39, 0.29) is 0 Å². The molecule has 1 aromatic rings. The zero-order valence-corrected chi connectivity index (χ0v) is 9.03. The fourth-order valence-corrected chi connectivity index (χ4v) is 2.30. The maximum Gasteiger partial charge on any atom is 0.152 e. The lowest BCUT2D eigenvalue weighted by molar-refractivity contribution is 0.112. The zero-order chi connectivity index (χ0) is 11.1. The van der Waals surface area contributed by atoms with Crippen molar-refractivity contribution in [2.75, 3.05) is 0 Å². The molecule has 0 atom stereocenters. The molecule has 2 heteroatoms. The Morgan fingerprint density at radius 3 is 3.00 bits per heavy atom. The van der Waals surface area contributed by atoms with Gasteiger partial charge in [-0.3, -0.25) is 4.79 Å². The number of allylic oxidation sites excluding steroid dienone is 4. The highest BCUT2D eigenvalue weighted by atomic mass is 16.1. The van der Waals surface area contributed by atoms with Crippen molar-refractivity contribution < 1.29 is 4.79 Å². The van der Waals surface area contributed by atoms with Crippen LogP contribution in [0, 0.1) is 0 Å². The van der Waals surface area contributed by atoms with E-state index in [0.717, 1.165) is 35.2 Å². The number of carbonyl (C=O) groups is 1. The first-order valence-electron chi connectivity index (χ1n) is 5.44. The summed E-state index contributed by atoms with van der Waals surface area (Å²) in [6.45, 7) is 2.12. The molecule has 0 spiro atoms. The highest BCUT2D eigenvalue weighted by molar-refractivity contribution is 6.36. The molecule has 78 valence electrons. The molecule has 0 bridgehead atoms. The molecule has 2 nitrogen and oxygen atoms in total. The summed E-state index contributed by atoms with van der Waals surface area (Å²) in [4.78, 5) is 15.5. The third-order valence-electron chi connectivity index (χ3n) is 3.10. The molecule has 0 amide bonds. The van der Waals surface area contributed by atoms with Crippen molar-refractivity contribution in [2.45, 2.75) is 13.3 Å². The van der Waals surface area contributed by atoms with Gasteiger partial charge in [-0.2, -0.15) is 0 Å². The van der Waals surface area contributed by atoms with E-state index in [0.29, 0.717) is 5.56 Å². The van der Waals surface area contributed by atoms with Gasteiger partial charge < -0.3 is 0 Å². The summed E-state index contributed by atoms with van der Waals surface area (Å²) in [6, 6.07) is 3.89. The van der Waals surface area contributed by atoms with E-state index in [1.807, 2.05) is 24.3 Å². The van der Waals surface area contributed by atoms with Crippen LogP contribution in [-0.2, 0) is 6.42 Å². The summed E-state index contributed by atoms with van der Waals surface area (Å²) < 4.78 is 0. The third-order valence-corrected chi connectivity index (χ3v) is 3.10. The Bertz CT molecular complexity index is 577. The minimum absolute atomic E-state index is 0.684. The molecule has 1 aromatic carbocycles. The van der Waals surface area contributed by atoms with Crippen molar-refractivity contribution in [2.24, 2.45) is 4.99 Å². The molecule has 0 radical (unpaired) electrons. The van der Waals surface area contributed by atoms with E-state index in [2.05, 4.69) is 18.0 Å². The fourth-order valence-electron chi connectivity index (χ4n) is 2.30. The van der Waals surface area contributed by atoms with Crippen LogP contribution >= 0.6 is 0 Å². The number of aryl methyl sites for hydroxylation is 1. The third kappa shape index (κ3) is 1.07. The second-order valence-corrected chi connectivity index (χ2v) is 3.95. The van der Waals surface area contributed by atoms with Gasteiger partial charge in [-0.05, 0) is 24.1 Å². The Morgan fingerprint density at radius 2 is 2.25 bits per heavy atom. The van der Waals surface area contributed by atoms with Crippen LogP contribution in [0.4, 0.5) is 5.69 Å². The van der Waals surface area contributed by atoms with Crippen molar-refractivity contribution in [1.82, 2.24) is 0 Å². The van der Waals surface area contributed by atoms with E-state index < -0.39 is 0 Å². The molecule has 0 saturated heterocycles. The standard InChI is InChI=1S/C14H11NO/c1-2-9-6-7-10(8-16)14-13(9)11-4-3-5-12(11)15-14/h3-8H,2H2,1H3. The molecular weight excluding hydrogens is 198 g/mol. The van der Waals surface area contributed by atoms with Crippen LogP contribution in [-0.4, -0.2) is 12.0 Å². The normalized spacial score (nSPS) is 15.6. The van der Waals surface area contributed by atoms with E-state index in [1.165, 1.54) is 5.56 Å². The van der Waals surface area contributed by atoms with Crippen molar-refractivity contribution in [3.05, 3.63) is 47.1 Å². The second kappa shape index (κ2) is 3.27.